The van der Waals surface area contributed by atoms with Gasteiger partial charge in [0.05, 0.1) is 5.92 Å². The van der Waals surface area contributed by atoms with Crippen molar-refractivity contribution < 1.29 is 9.90 Å². The summed E-state index contributed by atoms with van der Waals surface area (Å²) >= 11 is 0. The maximum atomic E-state index is 12.0. The van der Waals surface area contributed by atoms with Crippen LogP contribution in [0, 0.1) is 72.0 Å². The minimum atomic E-state index is -0.876. The molecule has 5 radical (unpaired) electrons. The highest BCUT2D eigenvalue weighted by atomic mass is 16.3. The number of carbonyl (C=O) groups excluding carboxylic acids is 1. The fourth-order valence-corrected chi connectivity index (χ4v) is 7.41. The molecule has 5 aliphatic carbocycles. The predicted molar refractivity (Wildman–Crippen MR) is 110 cm³/mol. The van der Waals surface area contributed by atoms with Crippen molar-refractivity contribution in [2.24, 2.45) is 28.6 Å². The molecule has 0 aromatic heterocycles. The van der Waals surface area contributed by atoms with E-state index in [1.807, 2.05) is 31.8 Å². The van der Waals surface area contributed by atoms with Gasteiger partial charge in [-0.15, -0.1) is 0 Å². The Balaban J connectivity index is 1.42. The second kappa shape index (κ2) is 6.46. The van der Waals surface area contributed by atoms with Gasteiger partial charge in [-0.25, -0.2) is 0 Å². The molecule has 28 heavy (non-hydrogen) atoms. The molecule has 0 unspecified atom stereocenters. The average Bonchev–Trinajstić information content (AvgIpc) is 3.28. The van der Waals surface area contributed by atoms with Crippen LogP contribution in [-0.2, 0) is 4.79 Å². The molecule has 0 amide bonds. The second-order valence-electron chi connectivity index (χ2n) is 10.2. The van der Waals surface area contributed by atoms with Crippen LogP contribution in [0.15, 0.2) is 11.6 Å². The monoisotopic (exact) mass is 375 g/mol. The molecule has 0 aromatic rings. The third-order valence-electron chi connectivity index (χ3n) is 9.19. The Morgan fingerprint density at radius 2 is 1.75 bits per heavy atom. The lowest BCUT2D eigenvalue weighted by Crippen LogP contribution is -2.54. The number of hydrogen-bond donors (Lipinski definition) is 1. The van der Waals surface area contributed by atoms with Crippen molar-refractivity contribution in [2.75, 3.05) is 0 Å². The van der Waals surface area contributed by atoms with E-state index in [0.29, 0.717) is 30.0 Å². The molecular formula is C26H31O2. The Kier molecular flexibility index (Phi) is 4.37. The normalized spacial score (nSPS) is 48.2. The molecule has 2 heteroatoms. The molecular weight excluding hydrogens is 344 g/mol. The van der Waals surface area contributed by atoms with Crippen LogP contribution < -0.4 is 0 Å². The molecule has 0 bridgehead atoms. The van der Waals surface area contributed by atoms with Crippen molar-refractivity contribution in [3.05, 3.63) is 43.3 Å². The minimum absolute atomic E-state index is 0.115. The molecule has 2 nitrogen and oxygen atoms in total. The number of rotatable bonds is 0. The number of aliphatic hydroxyl groups is 1. The molecule has 0 aliphatic heterocycles. The van der Waals surface area contributed by atoms with Crippen molar-refractivity contribution in [2.45, 2.75) is 70.8 Å². The molecule has 5 rings (SSSR count). The summed E-state index contributed by atoms with van der Waals surface area (Å²) in [6, 6.07) is 0. The van der Waals surface area contributed by atoms with E-state index < -0.39 is 5.60 Å². The molecule has 0 spiro atoms. The van der Waals surface area contributed by atoms with Gasteiger partial charge >= 0.3 is 0 Å². The van der Waals surface area contributed by atoms with E-state index >= 15 is 0 Å². The van der Waals surface area contributed by atoms with Crippen LogP contribution in [0.3, 0.4) is 0 Å². The summed E-state index contributed by atoms with van der Waals surface area (Å²) in [7, 11) is 0. The van der Waals surface area contributed by atoms with Crippen LogP contribution in [-0.4, -0.2) is 16.5 Å². The topological polar surface area (TPSA) is 37.3 Å². The first-order valence-electron chi connectivity index (χ1n) is 11.1. The largest absolute Gasteiger partial charge is 0.377 e. The Morgan fingerprint density at radius 1 is 1.00 bits per heavy atom. The summed E-state index contributed by atoms with van der Waals surface area (Å²) < 4.78 is 0. The fourth-order valence-electron chi connectivity index (χ4n) is 7.41. The fraction of sp³-hybridized carbons (Fsp3) is 0.615. The summed E-state index contributed by atoms with van der Waals surface area (Å²) in [5.74, 6) is 9.75. The van der Waals surface area contributed by atoms with Gasteiger partial charge in [0.1, 0.15) is 5.60 Å². The van der Waals surface area contributed by atoms with Gasteiger partial charge in [-0.1, -0.05) is 31.3 Å². The van der Waals surface area contributed by atoms with Gasteiger partial charge in [-0.05, 0) is 99.9 Å². The number of fused-ring (bicyclic) bond motifs is 5. The zero-order chi connectivity index (χ0) is 19.6. The van der Waals surface area contributed by atoms with Crippen LogP contribution in [0.1, 0.15) is 65.2 Å². The molecule has 4 saturated carbocycles. The highest BCUT2D eigenvalue weighted by Gasteiger charge is 2.63. The lowest BCUT2D eigenvalue weighted by molar-refractivity contribution is -0.119. The Labute approximate surface area is 170 Å². The van der Waals surface area contributed by atoms with Gasteiger partial charge in [0.2, 0.25) is 0 Å². The average molecular weight is 376 g/mol. The number of carbonyl (C=O) groups is 1. The molecule has 147 valence electrons. The summed E-state index contributed by atoms with van der Waals surface area (Å²) in [6.07, 6.45) is 18.0. The van der Waals surface area contributed by atoms with Gasteiger partial charge < -0.3 is 5.11 Å². The summed E-state index contributed by atoms with van der Waals surface area (Å²) in [6.45, 7) is 4.72. The molecule has 6 atom stereocenters. The first kappa shape index (κ1) is 18.9. The van der Waals surface area contributed by atoms with E-state index in [1.165, 1.54) is 12.0 Å². The van der Waals surface area contributed by atoms with Crippen LogP contribution in [0.25, 0.3) is 0 Å². The summed E-state index contributed by atoms with van der Waals surface area (Å²) in [5, 5.41) is 11.6. The van der Waals surface area contributed by atoms with E-state index in [-0.39, 0.29) is 10.8 Å². The maximum Gasteiger partial charge on any atom is 0.155 e. The van der Waals surface area contributed by atoms with Crippen molar-refractivity contribution >= 4 is 5.78 Å². The maximum absolute atomic E-state index is 12.0. The van der Waals surface area contributed by atoms with Gasteiger partial charge in [-0.3, -0.25) is 4.79 Å². The van der Waals surface area contributed by atoms with Gasteiger partial charge in [-0.2, -0.15) is 0 Å². The van der Waals surface area contributed by atoms with E-state index in [4.69, 9.17) is 0 Å². The SMILES string of the molecule is C[C@]12CCC(=O)C=C1CC[C@@H]1[C@@H]2CC[C@@]2(C)[C@H]1CC[C@@]2(O)C#C[C]1[CH][CH][CH][CH]1. The van der Waals surface area contributed by atoms with Gasteiger partial charge in [0, 0.05) is 11.8 Å². The van der Waals surface area contributed by atoms with Crippen molar-refractivity contribution in [3.63, 3.8) is 0 Å². The first-order chi connectivity index (χ1) is 13.4. The van der Waals surface area contributed by atoms with Crippen LogP contribution in [0.4, 0.5) is 0 Å². The number of hydrogen-bond acceptors (Lipinski definition) is 2. The zero-order valence-electron chi connectivity index (χ0n) is 17.1. The third kappa shape index (κ3) is 2.61. The number of ketones is 1. The van der Waals surface area contributed by atoms with Gasteiger partial charge in [0.15, 0.2) is 5.78 Å². The van der Waals surface area contributed by atoms with Crippen LogP contribution >= 0.6 is 0 Å². The van der Waals surface area contributed by atoms with E-state index in [0.717, 1.165) is 44.4 Å². The molecule has 4 fully saturated rings. The highest BCUT2D eigenvalue weighted by molar-refractivity contribution is 5.91. The molecule has 0 aromatic carbocycles. The zero-order valence-corrected chi connectivity index (χ0v) is 17.1. The van der Waals surface area contributed by atoms with Crippen molar-refractivity contribution in [1.29, 1.82) is 0 Å². The van der Waals surface area contributed by atoms with Crippen LogP contribution in [0.2, 0.25) is 0 Å². The van der Waals surface area contributed by atoms with E-state index in [9.17, 15) is 9.90 Å². The Morgan fingerprint density at radius 3 is 2.54 bits per heavy atom. The molecule has 5 aliphatic rings. The lowest BCUT2D eigenvalue weighted by Gasteiger charge is -2.58. The standard InChI is InChI=1S/C26H31O2/c1-24-13-10-20(27)17-19(24)7-8-21-22(24)11-14-25(2)23(21)12-16-26(25,28)15-9-18-5-3-4-6-18/h3-6,17,21-23,28H,7-8,10-14,16H2,1-2H3/t21-,22+,23+,24+,25+,26+/m1/s1. The summed E-state index contributed by atoms with van der Waals surface area (Å²) in [4.78, 5) is 12.0. The summed E-state index contributed by atoms with van der Waals surface area (Å²) in [5.41, 5.74) is 0.618. The quantitative estimate of drug-likeness (QED) is 0.625. The highest BCUT2D eigenvalue weighted by Crippen LogP contribution is 2.67. The number of allylic oxidation sites excluding steroid dienone is 1. The van der Waals surface area contributed by atoms with E-state index in [1.54, 1.807) is 0 Å². The van der Waals surface area contributed by atoms with Crippen molar-refractivity contribution in [3.8, 4) is 11.8 Å². The van der Waals surface area contributed by atoms with E-state index in [2.05, 4.69) is 25.7 Å². The predicted octanol–water partition coefficient (Wildman–Crippen LogP) is 4.66. The van der Waals surface area contributed by atoms with Gasteiger partial charge in [0.25, 0.3) is 0 Å². The smallest absolute Gasteiger partial charge is 0.155 e. The van der Waals surface area contributed by atoms with Crippen LogP contribution in [0.5, 0.6) is 0 Å². The van der Waals surface area contributed by atoms with Crippen molar-refractivity contribution in [1.82, 2.24) is 0 Å². The Hall–Kier alpha value is -1.07. The molecule has 0 saturated heterocycles. The molecule has 0 heterocycles. The minimum Gasteiger partial charge on any atom is -0.377 e. The first-order valence-corrected chi connectivity index (χ1v) is 11.1. The Bertz CT molecular complexity index is 763. The second-order valence-corrected chi connectivity index (χ2v) is 10.2. The third-order valence-corrected chi connectivity index (χ3v) is 9.19. The molecule has 1 N–H and O–H groups in total. The lowest BCUT2D eigenvalue weighted by atomic mass is 9.46.